The molecule has 2 aromatic carbocycles. The first-order valence-electron chi connectivity index (χ1n) is 7.02. The van der Waals surface area contributed by atoms with Gasteiger partial charge in [0.2, 0.25) is 0 Å². The van der Waals surface area contributed by atoms with Crippen molar-refractivity contribution in [2.75, 3.05) is 12.4 Å². The van der Waals surface area contributed by atoms with Gasteiger partial charge in [-0.15, -0.1) is 11.8 Å². The molecule has 1 aliphatic heterocycles. The number of thioether (sulfide) groups is 1. The molecular formula is C18H17NOS. The molecule has 1 saturated heterocycles. The lowest BCUT2D eigenvalue weighted by molar-refractivity contribution is 0.145. The molecule has 2 aromatic rings. The fraction of sp³-hybridized carbons (Fsp3) is 0.222. The molecule has 1 unspecified atom stereocenters. The van der Waals surface area contributed by atoms with Crippen molar-refractivity contribution in [2.24, 2.45) is 4.99 Å². The summed E-state index contributed by atoms with van der Waals surface area (Å²) in [7, 11) is 0. The summed E-state index contributed by atoms with van der Waals surface area (Å²) in [4.78, 5) is 4.55. The highest BCUT2D eigenvalue weighted by atomic mass is 32.2. The van der Waals surface area contributed by atoms with Crippen LogP contribution in [0.1, 0.15) is 23.5 Å². The van der Waals surface area contributed by atoms with Crippen LogP contribution in [-0.4, -0.2) is 18.2 Å². The van der Waals surface area contributed by atoms with Gasteiger partial charge in [-0.2, -0.15) is 0 Å². The van der Waals surface area contributed by atoms with Crippen LogP contribution < -0.4 is 0 Å². The molecular weight excluding hydrogens is 278 g/mol. The molecule has 1 aliphatic rings. The van der Waals surface area contributed by atoms with Crippen LogP contribution in [0.25, 0.3) is 5.57 Å². The molecule has 0 amide bonds. The van der Waals surface area contributed by atoms with Crippen LogP contribution in [0.3, 0.4) is 0 Å². The van der Waals surface area contributed by atoms with E-state index in [0.29, 0.717) is 0 Å². The van der Waals surface area contributed by atoms with Crippen LogP contribution >= 0.6 is 11.8 Å². The molecule has 0 aliphatic carbocycles. The van der Waals surface area contributed by atoms with Crippen LogP contribution in [0.4, 0.5) is 5.69 Å². The van der Waals surface area contributed by atoms with Gasteiger partial charge in [-0.3, -0.25) is 0 Å². The Labute approximate surface area is 129 Å². The number of rotatable bonds is 3. The third-order valence-electron chi connectivity index (χ3n) is 3.36. The van der Waals surface area contributed by atoms with Gasteiger partial charge in [-0.05, 0) is 24.4 Å². The van der Waals surface area contributed by atoms with Crippen LogP contribution in [0.5, 0.6) is 0 Å². The molecule has 1 heterocycles. The van der Waals surface area contributed by atoms with Crippen molar-refractivity contribution in [3.05, 3.63) is 65.7 Å². The van der Waals surface area contributed by atoms with Crippen LogP contribution in [0, 0.1) is 0 Å². The van der Waals surface area contributed by atoms with E-state index in [1.807, 2.05) is 55.1 Å². The Morgan fingerprint density at radius 3 is 2.67 bits per heavy atom. The smallest absolute Gasteiger partial charge is 0.130 e. The molecule has 0 radical (unpaired) electrons. The third kappa shape index (κ3) is 3.45. The summed E-state index contributed by atoms with van der Waals surface area (Å²) in [6.45, 7) is 2.84. The molecule has 0 bridgehead atoms. The molecule has 0 aromatic heterocycles. The largest absolute Gasteiger partial charge is 0.362 e. The molecule has 3 heteroatoms. The monoisotopic (exact) mass is 295 g/mol. The van der Waals surface area contributed by atoms with Crippen LogP contribution in [-0.2, 0) is 4.74 Å². The molecule has 2 nitrogen and oxygen atoms in total. The Morgan fingerprint density at radius 2 is 1.90 bits per heavy atom. The highest BCUT2D eigenvalue weighted by Crippen LogP contribution is 2.39. The number of para-hydroxylation sites is 1. The van der Waals surface area contributed by atoms with Gasteiger partial charge in [0.1, 0.15) is 5.44 Å². The second-order valence-electron chi connectivity index (χ2n) is 4.85. The van der Waals surface area contributed by atoms with Crippen LogP contribution in [0.2, 0.25) is 0 Å². The molecule has 106 valence electrons. The Hall–Kier alpha value is -1.80. The maximum atomic E-state index is 5.74. The first-order valence-corrected chi connectivity index (χ1v) is 8.07. The average Bonchev–Trinajstić information content (AvgIpc) is 3.08. The number of ether oxygens (including phenoxy) is 1. The van der Waals surface area contributed by atoms with Crippen molar-refractivity contribution in [3.63, 3.8) is 0 Å². The molecule has 0 N–H and O–H groups in total. The summed E-state index contributed by atoms with van der Waals surface area (Å²) in [6.07, 6.45) is 0. The predicted octanol–water partition coefficient (Wildman–Crippen LogP) is 4.85. The number of benzene rings is 2. The lowest BCUT2D eigenvalue weighted by Gasteiger charge is -2.10. The topological polar surface area (TPSA) is 21.6 Å². The minimum atomic E-state index is 0.101. The van der Waals surface area contributed by atoms with E-state index in [1.54, 1.807) is 0 Å². The van der Waals surface area contributed by atoms with Gasteiger partial charge in [0.15, 0.2) is 0 Å². The first kappa shape index (κ1) is 14.2. The van der Waals surface area contributed by atoms with Gasteiger partial charge in [0, 0.05) is 16.9 Å². The number of allylic oxidation sites excluding steroid dienone is 1. The van der Waals surface area contributed by atoms with E-state index in [1.165, 1.54) is 0 Å². The Kier molecular flexibility index (Phi) is 4.56. The zero-order valence-corrected chi connectivity index (χ0v) is 12.8. The lowest BCUT2D eigenvalue weighted by Crippen LogP contribution is -1.93. The number of aliphatic imine (C=N–C) groups is 1. The minimum Gasteiger partial charge on any atom is -0.362 e. The van der Waals surface area contributed by atoms with Crippen LogP contribution in [0.15, 0.2) is 59.6 Å². The maximum Gasteiger partial charge on any atom is 0.130 e. The SMILES string of the molecule is CC(=C=Nc1ccccc1C1OCCS1)c1ccccc1. The first-order chi connectivity index (χ1) is 10.3. The Bertz CT molecular complexity index is 669. The van der Waals surface area contributed by atoms with Crippen molar-refractivity contribution in [1.82, 2.24) is 0 Å². The van der Waals surface area contributed by atoms with E-state index in [9.17, 15) is 0 Å². The van der Waals surface area contributed by atoms with E-state index in [4.69, 9.17) is 4.74 Å². The zero-order chi connectivity index (χ0) is 14.5. The summed E-state index contributed by atoms with van der Waals surface area (Å²) >= 11 is 1.82. The molecule has 0 spiro atoms. The zero-order valence-electron chi connectivity index (χ0n) is 12.0. The van der Waals surface area contributed by atoms with E-state index < -0.39 is 0 Å². The quantitative estimate of drug-likeness (QED) is 0.755. The van der Waals surface area contributed by atoms with Crippen molar-refractivity contribution >= 4 is 28.9 Å². The standard InChI is InChI=1S/C18H17NOS/c1-14(15-7-3-2-4-8-15)13-19-17-10-6-5-9-16(17)18-20-11-12-21-18/h2-10,18H,11-12H2,1H3. The van der Waals surface area contributed by atoms with Crippen molar-refractivity contribution in [3.8, 4) is 0 Å². The summed E-state index contributed by atoms with van der Waals surface area (Å²) < 4.78 is 5.74. The average molecular weight is 295 g/mol. The summed E-state index contributed by atoms with van der Waals surface area (Å²) in [5, 5.41) is 0. The molecule has 1 fully saturated rings. The summed E-state index contributed by atoms with van der Waals surface area (Å²) in [5.41, 5.74) is 4.35. The Morgan fingerprint density at radius 1 is 1.14 bits per heavy atom. The van der Waals surface area contributed by atoms with E-state index in [-0.39, 0.29) is 5.44 Å². The highest BCUT2D eigenvalue weighted by Gasteiger charge is 2.20. The van der Waals surface area contributed by atoms with E-state index in [0.717, 1.165) is 34.7 Å². The highest BCUT2D eigenvalue weighted by molar-refractivity contribution is 7.99. The van der Waals surface area contributed by atoms with Gasteiger partial charge in [-0.1, -0.05) is 48.5 Å². The summed E-state index contributed by atoms with van der Waals surface area (Å²) in [6, 6.07) is 18.3. The third-order valence-corrected chi connectivity index (χ3v) is 4.46. The number of nitrogens with zero attached hydrogens (tertiary/aromatic N) is 1. The lowest BCUT2D eigenvalue weighted by atomic mass is 10.1. The minimum absolute atomic E-state index is 0.101. The van der Waals surface area contributed by atoms with Gasteiger partial charge in [0.05, 0.1) is 12.3 Å². The van der Waals surface area contributed by atoms with E-state index >= 15 is 0 Å². The number of hydrogen-bond donors (Lipinski definition) is 0. The molecule has 1 atom stereocenters. The van der Waals surface area contributed by atoms with Gasteiger partial charge < -0.3 is 4.74 Å². The molecule has 3 rings (SSSR count). The van der Waals surface area contributed by atoms with Crippen molar-refractivity contribution in [2.45, 2.75) is 12.4 Å². The molecule has 0 saturated carbocycles. The predicted molar refractivity (Wildman–Crippen MR) is 90.2 cm³/mol. The second-order valence-corrected chi connectivity index (χ2v) is 6.02. The van der Waals surface area contributed by atoms with Gasteiger partial charge in [-0.25, -0.2) is 4.99 Å². The Balaban J connectivity index is 1.92. The van der Waals surface area contributed by atoms with Gasteiger partial charge in [0.25, 0.3) is 0 Å². The van der Waals surface area contributed by atoms with Gasteiger partial charge >= 0.3 is 0 Å². The number of hydrogen-bond acceptors (Lipinski definition) is 3. The maximum absolute atomic E-state index is 5.74. The van der Waals surface area contributed by atoms with Crippen molar-refractivity contribution < 1.29 is 4.74 Å². The molecule has 21 heavy (non-hydrogen) atoms. The fourth-order valence-corrected chi connectivity index (χ4v) is 3.20. The second kappa shape index (κ2) is 6.77. The summed E-state index contributed by atoms with van der Waals surface area (Å²) in [5.74, 6) is 4.20. The van der Waals surface area contributed by atoms with Crippen molar-refractivity contribution in [1.29, 1.82) is 0 Å². The van der Waals surface area contributed by atoms with E-state index in [2.05, 4.69) is 29.1 Å². The fourth-order valence-electron chi connectivity index (χ4n) is 2.22. The normalized spacial score (nSPS) is 17.3.